The summed E-state index contributed by atoms with van der Waals surface area (Å²) in [5, 5.41) is 14.3. The van der Waals surface area contributed by atoms with Crippen LogP contribution in [0.4, 0.5) is 17.1 Å². The van der Waals surface area contributed by atoms with Crippen molar-refractivity contribution in [2.24, 2.45) is 0 Å². The molecule has 0 atom stereocenters. The lowest BCUT2D eigenvalue weighted by atomic mass is 10.1. The molecule has 0 heterocycles. The molecule has 0 aliphatic rings. The number of benzene rings is 2. The van der Waals surface area contributed by atoms with E-state index < -0.39 is 0 Å². The lowest BCUT2D eigenvalue weighted by Gasteiger charge is -2.13. The van der Waals surface area contributed by atoms with Crippen molar-refractivity contribution in [3.8, 4) is 0 Å². The van der Waals surface area contributed by atoms with Crippen molar-refractivity contribution in [2.45, 2.75) is 13.5 Å². The monoisotopic (exact) mass is 285 g/mol. The molecule has 0 saturated carbocycles. The van der Waals surface area contributed by atoms with Crippen molar-refractivity contribution < 1.29 is 4.92 Å². The predicted molar refractivity (Wildman–Crippen MR) is 85.9 cm³/mol. The number of nitrogens with zero attached hydrogens (tertiary/aromatic N) is 2. The molecule has 0 spiro atoms. The van der Waals surface area contributed by atoms with E-state index in [1.807, 2.05) is 56.3 Å². The largest absolute Gasteiger partial charge is 0.381 e. The Labute approximate surface area is 124 Å². The van der Waals surface area contributed by atoms with Gasteiger partial charge in [-0.2, -0.15) is 0 Å². The van der Waals surface area contributed by atoms with E-state index in [-0.39, 0.29) is 10.6 Å². The molecule has 1 N–H and O–H groups in total. The van der Waals surface area contributed by atoms with Gasteiger partial charge in [-0.1, -0.05) is 12.1 Å². The van der Waals surface area contributed by atoms with Crippen molar-refractivity contribution in [1.29, 1.82) is 0 Å². The van der Waals surface area contributed by atoms with E-state index in [2.05, 4.69) is 5.32 Å². The van der Waals surface area contributed by atoms with Gasteiger partial charge in [0.05, 0.1) is 4.92 Å². The van der Waals surface area contributed by atoms with Crippen LogP contribution in [-0.4, -0.2) is 19.0 Å². The van der Waals surface area contributed by atoms with Gasteiger partial charge in [0.2, 0.25) is 0 Å². The van der Waals surface area contributed by atoms with Crippen LogP contribution in [0, 0.1) is 17.0 Å². The molecule has 0 saturated heterocycles. The SMILES string of the molecule is Cc1ccc(CNc2ccc(N(C)C)cc2)c([N+](=O)[O-])c1. The molecule has 2 rings (SSSR count). The Bertz CT molecular complexity index is 636. The first-order valence-electron chi connectivity index (χ1n) is 6.72. The van der Waals surface area contributed by atoms with Crippen LogP contribution in [0.5, 0.6) is 0 Å². The van der Waals surface area contributed by atoms with Gasteiger partial charge in [-0.05, 0) is 36.8 Å². The summed E-state index contributed by atoms with van der Waals surface area (Å²) in [6.45, 7) is 2.28. The Kier molecular flexibility index (Phi) is 4.42. The second-order valence-electron chi connectivity index (χ2n) is 5.18. The zero-order valence-electron chi connectivity index (χ0n) is 12.5. The number of rotatable bonds is 5. The second kappa shape index (κ2) is 6.26. The predicted octanol–water partition coefficient (Wildman–Crippen LogP) is 3.58. The van der Waals surface area contributed by atoms with Gasteiger partial charge >= 0.3 is 0 Å². The summed E-state index contributed by atoms with van der Waals surface area (Å²) < 4.78 is 0. The first-order valence-corrected chi connectivity index (χ1v) is 6.72. The van der Waals surface area contributed by atoms with Crippen LogP contribution in [0.2, 0.25) is 0 Å². The van der Waals surface area contributed by atoms with E-state index >= 15 is 0 Å². The highest BCUT2D eigenvalue weighted by Crippen LogP contribution is 2.22. The first-order chi connectivity index (χ1) is 9.97. The number of aryl methyl sites for hydroxylation is 1. The molecule has 0 fully saturated rings. The Morgan fingerprint density at radius 1 is 1.14 bits per heavy atom. The molecule has 0 aromatic heterocycles. The van der Waals surface area contributed by atoms with Crippen molar-refractivity contribution in [1.82, 2.24) is 0 Å². The van der Waals surface area contributed by atoms with Crippen LogP contribution < -0.4 is 10.2 Å². The average Bonchev–Trinajstić information content (AvgIpc) is 2.46. The van der Waals surface area contributed by atoms with E-state index in [1.165, 1.54) is 0 Å². The van der Waals surface area contributed by atoms with E-state index in [9.17, 15) is 10.1 Å². The summed E-state index contributed by atoms with van der Waals surface area (Å²) in [6.07, 6.45) is 0. The van der Waals surface area contributed by atoms with Crippen LogP contribution in [0.15, 0.2) is 42.5 Å². The molecule has 0 aliphatic carbocycles. The van der Waals surface area contributed by atoms with Crippen LogP contribution >= 0.6 is 0 Å². The van der Waals surface area contributed by atoms with Gasteiger partial charge in [0.15, 0.2) is 0 Å². The van der Waals surface area contributed by atoms with Gasteiger partial charge < -0.3 is 10.2 Å². The smallest absolute Gasteiger partial charge is 0.274 e. The molecule has 0 aliphatic heterocycles. The molecule has 0 amide bonds. The maximum atomic E-state index is 11.1. The highest BCUT2D eigenvalue weighted by Gasteiger charge is 2.13. The summed E-state index contributed by atoms with van der Waals surface area (Å²) in [6, 6.07) is 13.2. The fraction of sp³-hybridized carbons (Fsp3) is 0.250. The summed E-state index contributed by atoms with van der Waals surface area (Å²) in [5.74, 6) is 0. The normalized spacial score (nSPS) is 10.2. The maximum absolute atomic E-state index is 11.1. The van der Waals surface area contributed by atoms with Crippen molar-refractivity contribution in [3.05, 3.63) is 63.7 Å². The third-order valence-corrected chi connectivity index (χ3v) is 3.30. The first kappa shape index (κ1) is 14.8. The topological polar surface area (TPSA) is 58.4 Å². The molecule has 2 aromatic carbocycles. The number of nitro groups is 1. The van der Waals surface area contributed by atoms with Gasteiger partial charge in [-0.15, -0.1) is 0 Å². The molecule has 110 valence electrons. The zero-order chi connectivity index (χ0) is 15.4. The quantitative estimate of drug-likeness (QED) is 0.674. The molecule has 5 nitrogen and oxygen atoms in total. The van der Waals surface area contributed by atoms with Crippen molar-refractivity contribution in [3.63, 3.8) is 0 Å². The molecular weight excluding hydrogens is 266 g/mol. The van der Waals surface area contributed by atoms with Crippen molar-refractivity contribution in [2.75, 3.05) is 24.3 Å². The third-order valence-electron chi connectivity index (χ3n) is 3.30. The van der Waals surface area contributed by atoms with Gasteiger partial charge in [0.25, 0.3) is 5.69 Å². The molecular formula is C16H19N3O2. The highest BCUT2D eigenvalue weighted by atomic mass is 16.6. The molecule has 5 heteroatoms. The lowest BCUT2D eigenvalue weighted by Crippen LogP contribution is -2.08. The van der Waals surface area contributed by atoms with Gasteiger partial charge in [0.1, 0.15) is 0 Å². The summed E-state index contributed by atoms with van der Waals surface area (Å²) >= 11 is 0. The molecule has 0 bridgehead atoms. The summed E-state index contributed by atoms with van der Waals surface area (Å²) in [5.41, 5.74) is 3.79. The summed E-state index contributed by atoms with van der Waals surface area (Å²) in [7, 11) is 3.97. The molecule has 2 aromatic rings. The Morgan fingerprint density at radius 3 is 2.38 bits per heavy atom. The van der Waals surface area contributed by atoms with Crippen LogP contribution in [-0.2, 0) is 6.54 Å². The maximum Gasteiger partial charge on any atom is 0.274 e. The van der Waals surface area contributed by atoms with Gasteiger partial charge in [-0.3, -0.25) is 10.1 Å². The minimum absolute atomic E-state index is 0.160. The number of anilines is 2. The van der Waals surface area contributed by atoms with E-state index in [0.717, 1.165) is 16.9 Å². The molecule has 0 radical (unpaired) electrons. The number of nitro benzene ring substituents is 1. The minimum atomic E-state index is -0.334. The van der Waals surface area contributed by atoms with Crippen LogP contribution in [0.25, 0.3) is 0 Å². The number of nitrogens with one attached hydrogen (secondary N) is 1. The minimum Gasteiger partial charge on any atom is -0.381 e. The Balaban J connectivity index is 2.11. The highest BCUT2D eigenvalue weighted by molar-refractivity contribution is 5.55. The van der Waals surface area contributed by atoms with E-state index in [1.54, 1.807) is 12.1 Å². The summed E-state index contributed by atoms with van der Waals surface area (Å²) in [4.78, 5) is 12.8. The number of hydrogen-bond acceptors (Lipinski definition) is 4. The van der Waals surface area contributed by atoms with Gasteiger partial charge in [-0.25, -0.2) is 0 Å². The third kappa shape index (κ3) is 3.72. The molecule has 21 heavy (non-hydrogen) atoms. The van der Waals surface area contributed by atoms with E-state index in [0.29, 0.717) is 12.1 Å². The average molecular weight is 285 g/mol. The number of hydrogen-bond donors (Lipinski definition) is 1. The van der Waals surface area contributed by atoms with Crippen LogP contribution in [0.1, 0.15) is 11.1 Å². The molecule has 0 unspecified atom stereocenters. The Morgan fingerprint density at radius 2 is 1.81 bits per heavy atom. The van der Waals surface area contributed by atoms with Crippen LogP contribution in [0.3, 0.4) is 0 Å². The standard InChI is InChI=1S/C16H19N3O2/c1-12-4-5-13(16(10-12)19(20)21)11-17-14-6-8-15(9-7-14)18(2)3/h4-10,17H,11H2,1-3H3. The Hall–Kier alpha value is -2.56. The zero-order valence-corrected chi connectivity index (χ0v) is 12.5. The van der Waals surface area contributed by atoms with Gasteiger partial charge in [0, 0.05) is 43.6 Å². The second-order valence-corrected chi connectivity index (χ2v) is 5.18. The van der Waals surface area contributed by atoms with E-state index in [4.69, 9.17) is 0 Å². The fourth-order valence-electron chi connectivity index (χ4n) is 2.07. The van der Waals surface area contributed by atoms with Crippen molar-refractivity contribution >= 4 is 17.1 Å². The lowest BCUT2D eigenvalue weighted by molar-refractivity contribution is -0.385. The fourth-order valence-corrected chi connectivity index (χ4v) is 2.07.